The molecule has 1 aromatic carbocycles. The number of pyridine rings is 1. The Labute approximate surface area is 210 Å². The Hall–Kier alpha value is -1.93. The van der Waals surface area contributed by atoms with Crippen molar-refractivity contribution in [2.24, 2.45) is 0 Å². The molecule has 0 unspecified atom stereocenters. The van der Waals surface area contributed by atoms with Crippen LogP contribution < -0.4 is 5.32 Å². The number of nitrogens with zero attached hydrogens (tertiary/aromatic N) is 3. The first-order valence-corrected chi connectivity index (χ1v) is 13.6. The van der Waals surface area contributed by atoms with E-state index in [0.717, 1.165) is 45.8 Å². The quantitative estimate of drug-likeness (QED) is 0.218. The third-order valence-electron chi connectivity index (χ3n) is 5.81. The number of carbonyl (C=O) groups is 1. The Bertz CT molecular complexity index is 1370. The molecular formula is C24H22Cl2N4OS2. The summed E-state index contributed by atoms with van der Waals surface area (Å²) in [6.45, 7) is 2.20. The molecule has 0 aliphatic heterocycles. The van der Waals surface area contributed by atoms with Gasteiger partial charge in [0.1, 0.15) is 16.2 Å². The van der Waals surface area contributed by atoms with Crippen molar-refractivity contribution in [1.29, 1.82) is 0 Å². The molecule has 5 nitrogen and oxygen atoms in total. The van der Waals surface area contributed by atoms with E-state index in [1.54, 1.807) is 35.9 Å². The fourth-order valence-electron chi connectivity index (χ4n) is 4.37. The highest BCUT2D eigenvalue weighted by molar-refractivity contribution is 8.00. The lowest BCUT2D eigenvalue weighted by Gasteiger charge is -2.19. The Balaban J connectivity index is 1.45. The normalized spacial score (nSPS) is 13.4. The molecule has 0 spiro atoms. The fraction of sp³-hybridized carbons (Fsp3) is 0.333. The zero-order valence-electron chi connectivity index (χ0n) is 18.1. The van der Waals surface area contributed by atoms with Crippen LogP contribution in [0.25, 0.3) is 20.4 Å². The molecule has 5 rings (SSSR count). The molecule has 9 heteroatoms. The Kier molecular flexibility index (Phi) is 6.74. The van der Waals surface area contributed by atoms with Gasteiger partial charge >= 0.3 is 0 Å². The van der Waals surface area contributed by atoms with Crippen molar-refractivity contribution in [3.05, 3.63) is 51.4 Å². The van der Waals surface area contributed by atoms with Crippen molar-refractivity contribution >= 4 is 78.3 Å². The zero-order valence-corrected chi connectivity index (χ0v) is 21.2. The average Bonchev–Trinajstić information content (AvgIpc) is 3.19. The molecule has 3 aromatic heterocycles. The van der Waals surface area contributed by atoms with E-state index in [9.17, 15) is 4.79 Å². The molecule has 1 aliphatic carbocycles. The van der Waals surface area contributed by atoms with Gasteiger partial charge in [-0.05, 0) is 61.4 Å². The molecule has 0 fully saturated rings. The molecule has 1 aliphatic rings. The van der Waals surface area contributed by atoms with Gasteiger partial charge in [0.05, 0.1) is 26.7 Å². The number of hydrogen-bond acceptors (Lipinski definition) is 6. The minimum atomic E-state index is -0.155. The van der Waals surface area contributed by atoms with Crippen LogP contribution in [0.4, 0.5) is 5.69 Å². The largest absolute Gasteiger partial charge is 0.324 e. The highest BCUT2D eigenvalue weighted by Gasteiger charge is 2.23. The van der Waals surface area contributed by atoms with Gasteiger partial charge in [-0.2, -0.15) is 0 Å². The molecule has 0 radical (unpaired) electrons. The van der Waals surface area contributed by atoms with Crippen LogP contribution in [0, 0.1) is 0 Å². The third-order valence-corrected chi connectivity index (χ3v) is 8.55. The maximum Gasteiger partial charge on any atom is 0.234 e. The molecule has 1 N–H and O–H groups in total. The number of fused-ring (bicyclic) bond motifs is 5. The zero-order chi connectivity index (χ0) is 22.9. The first kappa shape index (κ1) is 22.8. The third kappa shape index (κ3) is 4.56. The molecule has 33 heavy (non-hydrogen) atoms. The number of halogens is 2. The summed E-state index contributed by atoms with van der Waals surface area (Å²) in [5.41, 5.74) is 5.60. The van der Waals surface area contributed by atoms with Crippen molar-refractivity contribution in [2.45, 2.75) is 50.5 Å². The SMILES string of the molecule is CCCc1nc2sc3c(SCC(=O)Nc4ccc(Cl)cc4Cl)ncnc3c2c2c1CCCC2. The molecular weight excluding hydrogens is 495 g/mol. The molecule has 1 amide bonds. The number of aryl methyl sites for hydroxylation is 2. The van der Waals surface area contributed by atoms with E-state index in [4.69, 9.17) is 28.2 Å². The van der Waals surface area contributed by atoms with Gasteiger partial charge in [-0.25, -0.2) is 15.0 Å². The van der Waals surface area contributed by atoms with Gasteiger partial charge in [0.2, 0.25) is 5.91 Å². The number of benzene rings is 1. The van der Waals surface area contributed by atoms with Crippen molar-refractivity contribution in [3.63, 3.8) is 0 Å². The number of nitrogens with one attached hydrogen (secondary N) is 1. The monoisotopic (exact) mass is 516 g/mol. The van der Waals surface area contributed by atoms with E-state index < -0.39 is 0 Å². The summed E-state index contributed by atoms with van der Waals surface area (Å²) >= 11 is 15.2. The summed E-state index contributed by atoms with van der Waals surface area (Å²) in [4.78, 5) is 27.8. The molecule has 4 aromatic rings. The smallest absolute Gasteiger partial charge is 0.234 e. The van der Waals surface area contributed by atoms with Gasteiger partial charge in [0, 0.05) is 16.1 Å². The van der Waals surface area contributed by atoms with Crippen molar-refractivity contribution in [3.8, 4) is 0 Å². The minimum absolute atomic E-state index is 0.155. The number of anilines is 1. The van der Waals surface area contributed by atoms with Gasteiger partial charge in [0.25, 0.3) is 0 Å². The predicted octanol–water partition coefficient (Wildman–Crippen LogP) is 7.11. The average molecular weight is 518 g/mol. The number of aromatic nitrogens is 3. The molecule has 0 atom stereocenters. The van der Waals surface area contributed by atoms with E-state index in [2.05, 4.69) is 22.2 Å². The fourth-order valence-corrected chi connectivity index (χ4v) is 6.88. The lowest BCUT2D eigenvalue weighted by Crippen LogP contribution is -2.14. The predicted molar refractivity (Wildman–Crippen MR) is 139 cm³/mol. The number of thiophene rings is 1. The molecule has 0 saturated heterocycles. The summed E-state index contributed by atoms with van der Waals surface area (Å²) < 4.78 is 1.00. The minimum Gasteiger partial charge on any atom is -0.324 e. The van der Waals surface area contributed by atoms with Crippen LogP contribution in [0.15, 0.2) is 29.6 Å². The molecule has 3 heterocycles. The van der Waals surface area contributed by atoms with Gasteiger partial charge in [-0.1, -0.05) is 48.3 Å². The van der Waals surface area contributed by atoms with Gasteiger partial charge in [0.15, 0.2) is 0 Å². The highest BCUT2D eigenvalue weighted by atomic mass is 35.5. The van der Waals surface area contributed by atoms with Crippen LogP contribution in [0.2, 0.25) is 10.0 Å². The Morgan fingerprint density at radius 1 is 1.18 bits per heavy atom. The van der Waals surface area contributed by atoms with Gasteiger partial charge in [-0.3, -0.25) is 4.79 Å². The maximum atomic E-state index is 12.6. The first-order chi connectivity index (χ1) is 16.0. The second-order valence-corrected chi connectivity index (χ2v) is 10.9. The van der Waals surface area contributed by atoms with E-state index in [-0.39, 0.29) is 11.7 Å². The first-order valence-electron chi connectivity index (χ1n) is 11.0. The van der Waals surface area contributed by atoms with Crippen LogP contribution in [0.5, 0.6) is 0 Å². The van der Waals surface area contributed by atoms with Gasteiger partial charge < -0.3 is 5.32 Å². The number of amides is 1. The molecule has 0 bridgehead atoms. The number of thioether (sulfide) groups is 1. The topological polar surface area (TPSA) is 67.8 Å². The van der Waals surface area contributed by atoms with Crippen molar-refractivity contribution in [2.75, 3.05) is 11.1 Å². The van der Waals surface area contributed by atoms with E-state index >= 15 is 0 Å². The van der Waals surface area contributed by atoms with Crippen molar-refractivity contribution in [1.82, 2.24) is 15.0 Å². The second kappa shape index (κ2) is 9.74. The number of rotatable bonds is 6. The van der Waals surface area contributed by atoms with Crippen LogP contribution in [-0.2, 0) is 24.1 Å². The second-order valence-electron chi connectivity index (χ2n) is 8.07. The summed E-state index contributed by atoms with van der Waals surface area (Å²) in [6.07, 6.45) is 8.30. The highest BCUT2D eigenvalue weighted by Crippen LogP contribution is 2.41. The van der Waals surface area contributed by atoms with E-state index in [0.29, 0.717) is 15.7 Å². The Morgan fingerprint density at radius 2 is 2.00 bits per heavy atom. The van der Waals surface area contributed by atoms with Crippen LogP contribution in [-0.4, -0.2) is 26.6 Å². The van der Waals surface area contributed by atoms with Crippen LogP contribution >= 0.6 is 46.3 Å². The van der Waals surface area contributed by atoms with Crippen LogP contribution in [0.1, 0.15) is 43.0 Å². The standard InChI is InChI=1S/C24H22Cl2N4OS2/c1-2-5-17-14-6-3-4-7-15(14)20-21-22(33-23(20)30-17)24(28-12-27-21)32-11-19(31)29-18-9-8-13(25)10-16(18)26/h8-10,12H,2-7,11H2,1H3,(H,29,31). The number of carbonyl (C=O) groups excluding carboxylic acids is 1. The lowest BCUT2D eigenvalue weighted by atomic mass is 9.88. The lowest BCUT2D eigenvalue weighted by molar-refractivity contribution is -0.113. The summed E-state index contributed by atoms with van der Waals surface area (Å²) in [5.74, 6) is 0.0594. The van der Waals surface area contributed by atoms with Gasteiger partial charge in [-0.15, -0.1) is 11.3 Å². The molecule has 170 valence electrons. The number of hydrogen-bond donors (Lipinski definition) is 1. The van der Waals surface area contributed by atoms with E-state index in [1.807, 2.05) is 0 Å². The summed E-state index contributed by atoms with van der Waals surface area (Å²) in [5, 5.41) is 5.77. The Morgan fingerprint density at radius 3 is 2.79 bits per heavy atom. The summed E-state index contributed by atoms with van der Waals surface area (Å²) in [7, 11) is 0. The van der Waals surface area contributed by atoms with Crippen LogP contribution in [0.3, 0.4) is 0 Å². The summed E-state index contributed by atoms with van der Waals surface area (Å²) in [6, 6.07) is 5.00. The van der Waals surface area contributed by atoms with Crippen molar-refractivity contribution < 1.29 is 4.79 Å². The van der Waals surface area contributed by atoms with E-state index in [1.165, 1.54) is 46.8 Å². The maximum absolute atomic E-state index is 12.6. The molecule has 0 saturated carbocycles.